The molecule has 0 aromatic heterocycles. The molecule has 0 unspecified atom stereocenters. The summed E-state index contributed by atoms with van der Waals surface area (Å²) in [7, 11) is -3.89. The second-order valence-corrected chi connectivity index (χ2v) is 3.95. The van der Waals surface area contributed by atoms with Crippen molar-refractivity contribution in [2.24, 2.45) is 0 Å². The molecule has 0 bridgehead atoms. The molecule has 0 spiro atoms. The Morgan fingerprint density at radius 3 is 2.08 bits per heavy atom. The third-order valence-corrected chi connectivity index (χ3v) is 2.01. The quantitative estimate of drug-likeness (QED) is 0.594. The van der Waals surface area contributed by atoms with Crippen LogP contribution in [0.25, 0.3) is 0 Å². The summed E-state index contributed by atoms with van der Waals surface area (Å²) in [5.74, 6) is 0. The number of hydrogen-bond acceptors (Lipinski definition) is 1. The zero-order valence-electron chi connectivity index (χ0n) is 7.84. The van der Waals surface area contributed by atoms with Crippen LogP contribution in [0.4, 0.5) is 0 Å². The van der Waals surface area contributed by atoms with Gasteiger partial charge in [0.05, 0.1) is 6.16 Å². The second-order valence-electron chi connectivity index (χ2n) is 2.31. The summed E-state index contributed by atoms with van der Waals surface area (Å²) in [6.45, 7) is 0. The van der Waals surface area contributed by atoms with Crippen LogP contribution in [0.1, 0.15) is 5.56 Å². The molecular weight excluding hydrogens is 214 g/mol. The number of hydrogen-bond donors (Lipinski definition) is 2. The third-order valence-electron chi connectivity index (χ3n) is 1.23. The summed E-state index contributed by atoms with van der Waals surface area (Å²) in [5, 5.41) is 0. The summed E-state index contributed by atoms with van der Waals surface area (Å²) < 4.78 is 12.7. The zero-order chi connectivity index (χ0) is 10.3. The van der Waals surface area contributed by atoms with E-state index < -0.39 is 7.60 Å². The Morgan fingerprint density at radius 2 is 1.69 bits per heavy atom. The summed E-state index contributed by atoms with van der Waals surface area (Å²) >= 11 is 1.06. The molecule has 0 aliphatic rings. The first-order valence-electron chi connectivity index (χ1n) is 4.16. The first kappa shape index (κ1) is 14.0. The normalized spacial score (nSPS) is 10.2. The van der Waals surface area contributed by atoms with Crippen LogP contribution in [0.5, 0.6) is 0 Å². The van der Waals surface area contributed by atoms with Gasteiger partial charge in [0.1, 0.15) is 0 Å². The molecule has 0 aliphatic heterocycles. The van der Waals surface area contributed by atoms with Crippen LogP contribution in [0.3, 0.4) is 0 Å². The van der Waals surface area contributed by atoms with Gasteiger partial charge in [0.15, 0.2) is 0 Å². The van der Waals surface area contributed by atoms with Crippen molar-refractivity contribution >= 4 is 56.5 Å². The fourth-order valence-electron chi connectivity index (χ4n) is 0.821. The number of rotatable bonds is 2. The van der Waals surface area contributed by atoms with E-state index in [4.69, 9.17) is 9.79 Å². The Morgan fingerprint density at radius 1 is 1.23 bits per heavy atom. The second kappa shape index (κ2) is 7.32. The Kier molecular flexibility index (Phi) is 7.88. The predicted octanol–water partition coefficient (Wildman–Crippen LogP) is 1.57. The van der Waals surface area contributed by atoms with Crippen molar-refractivity contribution in [1.29, 1.82) is 0 Å². The van der Waals surface area contributed by atoms with Gasteiger partial charge in [-0.15, -0.1) is 0 Å². The van der Waals surface area contributed by atoms with Crippen molar-refractivity contribution in [2.45, 2.75) is 7.18 Å². The molecule has 0 fully saturated rings. The van der Waals surface area contributed by atoms with Crippen LogP contribution in [0.2, 0.25) is 1.02 Å². The molecule has 1 aromatic carbocycles. The van der Waals surface area contributed by atoms with Gasteiger partial charge in [-0.25, -0.2) is 0 Å². The van der Waals surface area contributed by atoms with Gasteiger partial charge in [0.25, 0.3) is 0 Å². The molecule has 1 aromatic rings. The summed E-state index contributed by atoms with van der Waals surface area (Å²) in [6, 6.07) is 8.71. The molecule has 1 rings (SSSR count). The molecule has 0 saturated carbocycles. The molecule has 5 heteroatoms. The van der Waals surface area contributed by atoms with E-state index in [0.717, 1.165) is 49.0 Å². The average molecular weight is 226 g/mol. The topological polar surface area (TPSA) is 57.5 Å². The maximum absolute atomic E-state index is 10.5. The van der Waals surface area contributed by atoms with Gasteiger partial charge in [-0.3, -0.25) is 4.57 Å². The maximum atomic E-state index is 10.5. The van der Waals surface area contributed by atoms with Crippen molar-refractivity contribution in [3.8, 4) is 0 Å². The molecule has 0 atom stereocenters. The molecule has 68 valence electrons. The van der Waals surface area contributed by atoms with Crippen LogP contribution >= 0.6 is 7.60 Å². The van der Waals surface area contributed by atoms with Crippen molar-refractivity contribution < 1.29 is 14.4 Å². The van der Waals surface area contributed by atoms with E-state index in [1.54, 1.807) is 24.3 Å². The first-order chi connectivity index (χ1) is 6.08. The summed E-state index contributed by atoms with van der Waals surface area (Å²) in [5.41, 5.74) is 0.667. The Bertz CT molecular complexity index is 270. The van der Waals surface area contributed by atoms with Crippen molar-refractivity contribution in [1.82, 2.24) is 0 Å². The molecule has 0 heterocycles. The van der Waals surface area contributed by atoms with Crippen LogP contribution < -0.4 is 0 Å². The van der Waals surface area contributed by atoms with Crippen LogP contribution in [-0.4, -0.2) is 58.7 Å². The molecule has 0 radical (unpaired) electrons. The SMILES string of the molecule is O=P(O)(O)Cc1ccccc1.[CH3][K]. The van der Waals surface area contributed by atoms with Crippen LogP contribution in [-0.2, 0) is 10.7 Å². The van der Waals surface area contributed by atoms with Gasteiger partial charge in [0, 0.05) is 0 Å². The average Bonchev–Trinajstić information content (AvgIpc) is 2.07. The summed E-state index contributed by atoms with van der Waals surface area (Å²) in [4.78, 5) is 17.2. The summed E-state index contributed by atoms with van der Waals surface area (Å²) in [6.07, 6.45) is -0.173. The van der Waals surface area contributed by atoms with E-state index in [2.05, 4.69) is 1.02 Å². The van der Waals surface area contributed by atoms with Gasteiger partial charge in [-0.2, -0.15) is 0 Å². The Hall–Kier alpha value is 1.01. The van der Waals surface area contributed by atoms with Gasteiger partial charge in [-0.1, -0.05) is 30.3 Å². The van der Waals surface area contributed by atoms with Gasteiger partial charge in [0.2, 0.25) is 0 Å². The molecule has 3 nitrogen and oxygen atoms in total. The van der Waals surface area contributed by atoms with E-state index in [0.29, 0.717) is 5.56 Å². The van der Waals surface area contributed by atoms with Crippen molar-refractivity contribution in [2.75, 3.05) is 0 Å². The van der Waals surface area contributed by atoms with E-state index in [9.17, 15) is 4.57 Å². The first-order valence-corrected chi connectivity index (χ1v) is 9.08. The molecule has 0 amide bonds. The standard InChI is InChI=1S/C7H9O3P.CH3.K/c8-11(9,10)6-7-4-2-1-3-5-7;;/h1-5H,6H2,(H2,8,9,10);1H3;. The van der Waals surface area contributed by atoms with Gasteiger partial charge >= 0.3 is 57.6 Å². The van der Waals surface area contributed by atoms with Crippen molar-refractivity contribution in [3.05, 3.63) is 35.9 Å². The van der Waals surface area contributed by atoms with E-state index in [-0.39, 0.29) is 6.16 Å². The Balaban J connectivity index is 0.000000671. The van der Waals surface area contributed by atoms with Crippen LogP contribution in [0.15, 0.2) is 30.3 Å². The van der Waals surface area contributed by atoms with E-state index in [1.807, 2.05) is 6.07 Å². The minimum atomic E-state index is -3.89. The van der Waals surface area contributed by atoms with Crippen LogP contribution in [0, 0.1) is 0 Å². The van der Waals surface area contributed by atoms with E-state index in [1.165, 1.54) is 0 Å². The number of benzene rings is 1. The third kappa shape index (κ3) is 8.03. The fraction of sp³-hybridized carbons (Fsp3) is 0.250. The zero-order valence-corrected chi connectivity index (χ0v) is 11.9. The predicted molar refractivity (Wildman–Crippen MR) is 53.8 cm³/mol. The Labute approximate surface area is 112 Å². The molecule has 13 heavy (non-hydrogen) atoms. The van der Waals surface area contributed by atoms with Gasteiger partial charge in [-0.05, 0) is 5.56 Å². The van der Waals surface area contributed by atoms with Gasteiger partial charge < -0.3 is 9.79 Å². The van der Waals surface area contributed by atoms with Crippen molar-refractivity contribution in [3.63, 3.8) is 0 Å². The molecule has 2 N–H and O–H groups in total. The minimum absolute atomic E-state index is 0.173. The molecule has 0 aliphatic carbocycles. The molecular formula is C8H12KO3P. The monoisotopic (exact) mass is 226 g/mol. The van der Waals surface area contributed by atoms with E-state index >= 15 is 0 Å². The molecule has 0 saturated heterocycles. The fourth-order valence-corrected chi connectivity index (χ4v) is 1.51.